The van der Waals surface area contributed by atoms with E-state index in [4.69, 9.17) is 4.74 Å². The van der Waals surface area contributed by atoms with Gasteiger partial charge < -0.3 is 9.64 Å². The molecule has 98 valence electrons. The molecule has 2 aromatic carbocycles. The van der Waals surface area contributed by atoms with Gasteiger partial charge in [0.05, 0.1) is 12.4 Å². The molecule has 2 aromatic rings. The summed E-state index contributed by atoms with van der Waals surface area (Å²) in [5, 5.41) is 0. The van der Waals surface area contributed by atoms with Crippen molar-refractivity contribution in [3.05, 3.63) is 48.5 Å². The lowest BCUT2D eigenvalue weighted by atomic mass is 10.2. The van der Waals surface area contributed by atoms with E-state index in [1.54, 1.807) is 11.9 Å². The van der Waals surface area contributed by atoms with Crippen molar-refractivity contribution >= 4 is 17.6 Å². The maximum absolute atomic E-state index is 5.85. The molecule has 0 spiro atoms. The van der Waals surface area contributed by atoms with Gasteiger partial charge in [0.1, 0.15) is 11.5 Å². The lowest BCUT2D eigenvalue weighted by Crippen LogP contribution is -2.34. The van der Waals surface area contributed by atoms with Gasteiger partial charge in [-0.15, -0.1) is 0 Å². The van der Waals surface area contributed by atoms with Gasteiger partial charge in [-0.3, -0.25) is 0 Å². The van der Waals surface area contributed by atoms with Crippen molar-refractivity contribution in [2.75, 3.05) is 18.1 Å². The van der Waals surface area contributed by atoms with Crippen molar-refractivity contribution in [3.8, 4) is 11.5 Å². The Morgan fingerprint density at radius 2 is 2.00 bits per heavy atom. The first kappa shape index (κ1) is 12.4. The van der Waals surface area contributed by atoms with Crippen LogP contribution in [0.25, 0.3) is 0 Å². The van der Waals surface area contributed by atoms with Gasteiger partial charge >= 0.3 is 0 Å². The number of nitrogens with one attached hydrogen (secondary N) is 1. The standard InChI is InChI=1S/C15H16N2OS/c1-2-17-11-16-19-15-10-13(8-9-14(15)17)18-12-6-4-3-5-7-12/h3-10,16H,2,11H2,1H3. The minimum Gasteiger partial charge on any atom is -0.457 e. The van der Waals surface area contributed by atoms with Gasteiger partial charge in [-0.2, -0.15) is 0 Å². The van der Waals surface area contributed by atoms with Crippen LogP contribution in [0.5, 0.6) is 11.5 Å². The second-order valence-corrected chi connectivity index (χ2v) is 5.24. The zero-order chi connectivity index (χ0) is 13.1. The largest absolute Gasteiger partial charge is 0.457 e. The Balaban J connectivity index is 1.85. The van der Waals surface area contributed by atoms with Gasteiger partial charge in [-0.25, -0.2) is 4.72 Å². The molecule has 0 saturated heterocycles. The molecule has 1 aliphatic rings. The molecule has 3 rings (SSSR count). The van der Waals surface area contributed by atoms with Crippen molar-refractivity contribution < 1.29 is 4.74 Å². The van der Waals surface area contributed by atoms with E-state index >= 15 is 0 Å². The minimum atomic E-state index is 0.864. The highest BCUT2D eigenvalue weighted by Crippen LogP contribution is 2.36. The fourth-order valence-electron chi connectivity index (χ4n) is 2.08. The van der Waals surface area contributed by atoms with Crippen LogP contribution >= 0.6 is 11.9 Å². The molecule has 0 aromatic heterocycles. The van der Waals surface area contributed by atoms with Crippen LogP contribution in [0.1, 0.15) is 6.92 Å². The number of rotatable bonds is 3. The molecular formula is C15H16N2OS. The Morgan fingerprint density at radius 1 is 1.16 bits per heavy atom. The summed E-state index contributed by atoms with van der Waals surface area (Å²) in [6.45, 7) is 4.04. The third-order valence-electron chi connectivity index (χ3n) is 3.07. The number of hydrogen-bond donors (Lipinski definition) is 1. The fraction of sp³-hybridized carbons (Fsp3) is 0.200. The average molecular weight is 272 g/mol. The van der Waals surface area contributed by atoms with Crippen LogP contribution in [-0.4, -0.2) is 13.2 Å². The lowest BCUT2D eigenvalue weighted by molar-refractivity contribution is 0.481. The predicted octanol–water partition coefficient (Wildman–Crippen LogP) is 3.87. The smallest absolute Gasteiger partial charge is 0.128 e. The Morgan fingerprint density at radius 3 is 2.79 bits per heavy atom. The monoisotopic (exact) mass is 272 g/mol. The fourth-order valence-corrected chi connectivity index (χ4v) is 2.93. The van der Waals surface area contributed by atoms with Crippen molar-refractivity contribution in [1.82, 2.24) is 4.72 Å². The van der Waals surface area contributed by atoms with E-state index in [9.17, 15) is 0 Å². The number of benzene rings is 2. The molecule has 1 N–H and O–H groups in total. The quantitative estimate of drug-likeness (QED) is 0.857. The van der Waals surface area contributed by atoms with Crippen LogP contribution in [0.15, 0.2) is 53.4 Å². The minimum absolute atomic E-state index is 0.864. The van der Waals surface area contributed by atoms with E-state index in [-0.39, 0.29) is 0 Å². The number of ether oxygens (including phenoxy) is 1. The third-order valence-corrected chi connectivity index (χ3v) is 3.89. The molecule has 4 heteroatoms. The van der Waals surface area contributed by atoms with Gasteiger partial charge in [0.2, 0.25) is 0 Å². The van der Waals surface area contributed by atoms with E-state index < -0.39 is 0 Å². The number of para-hydroxylation sites is 1. The summed E-state index contributed by atoms with van der Waals surface area (Å²) in [5.41, 5.74) is 1.27. The van der Waals surface area contributed by atoms with Crippen molar-refractivity contribution in [3.63, 3.8) is 0 Å². The average Bonchev–Trinajstić information content (AvgIpc) is 2.47. The molecule has 0 radical (unpaired) electrons. The van der Waals surface area contributed by atoms with Gasteiger partial charge in [-0.05, 0) is 49.2 Å². The van der Waals surface area contributed by atoms with Crippen LogP contribution in [-0.2, 0) is 0 Å². The second-order valence-electron chi connectivity index (χ2n) is 4.31. The first-order chi connectivity index (χ1) is 9.36. The number of hydrogen-bond acceptors (Lipinski definition) is 4. The molecule has 19 heavy (non-hydrogen) atoms. The highest BCUT2D eigenvalue weighted by molar-refractivity contribution is 7.97. The molecule has 0 fully saturated rings. The molecule has 0 unspecified atom stereocenters. The van der Waals surface area contributed by atoms with E-state index in [2.05, 4.69) is 28.7 Å². The van der Waals surface area contributed by atoms with Crippen LogP contribution in [0.2, 0.25) is 0 Å². The van der Waals surface area contributed by atoms with Crippen LogP contribution < -0.4 is 14.4 Å². The first-order valence-corrected chi connectivity index (χ1v) is 7.20. The molecular weight excluding hydrogens is 256 g/mol. The molecule has 1 aliphatic heterocycles. The summed E-state index contributed by atoms with van der Waals surface area (Å²) in [6, 6.07) is 16.1. The van der Waals surface area contributed by atoms with E-state index in [1.165, 1.54) is 10.6 Å². The van der Waals surface area contributed by atoms with Crippen LogP contribution in [0.3, 0.4) is 0 Å². The SMILES string of the molecule is CCN1CNSc2cc(Oc3ccccc3)ccc21. The highest BCUT2D eigenvalue weighted by atomic mass is 32.2. The molecule has 0 amide bonds. The van der Waals surface area contributed by atoms with E-state index in [0.717, 1.165) is 24.7 Å². The Bertz CT molecular complexity index is 559. The second kappa shape index (κ2) is 5.55. The highest BCUT2D eigenvalue weighted by Gasteiger charge is 2.16. The number of fused-ring (bicyclic) bond motifs is 1. The van der Waals surface area contributed by atoms with E-state index in [0.29, 0.717) is 0 Å². The van der Waals surface area contributed by atoms with Gasteiger partial charge in [0.15, 0.2) is 0 Å². The van der Waals surface area contributed by atoms with Gasteiger partial charge in [0.25, 0.3) is 0 Å². The van der Waals surface area contributed by atoms with Gasteiger partial charge in [-0.1, -0.05) is 18.2 Å². The molecule has 0 saturated carbocycles. The van der Waals surface area contributed by atoms with Crippen LogP contribution in [0.4, 0.5) is 5.69 Å². The van der Waals surface area contributed by atoms with E-state index in [1.807, 2.05) is 36.4 Å². The topological polar surface area (TPSA) is 24.5 Å². The zero-order valence-corrected chi connectivity index (χ0v) is 11.6. The Labute approximate surface area is 117 Å². The number of nitrogens with zero attached hydrogens (tertiary/aromatic N) is 1. The molecule has 0 aliphatic carbocycles. The van der Waals surface area contributed by atoms with Crippen molar-refractivity contribution in [2.45, 2.75) is 11.8 Å². The maximum Gasteiger partial charge on any atom is 0.128 e. The van der Waals surface area contributed by atoms with Gasteiger partial charge in [0, 0.05) is 11.4 Å². The van der Waals surface area contributed by atoms with Crippen molar-refractivity contribution in [1.29, 1.82) is 0 Å². The summed E-state index contributed by atoms with van der Waals surface area (Å²) in [6.07, 6.45) is 0. The molecule has 0 bridgehead atoms. The number of anilines is 1. The summed E-state index contributed by atoms with van der Waals surface area (Å²) in [7, 11) is 0. The first-order valence-electron chi connectivity index (χ1n) is 6.38. The Kier molecular flexibility index (Phi) is 3.62. The lowest BCUT2D eigenvalue weighted by Gasteiger charge is -2.30. The van der Waals surface area contributed by atoms with Crippen LogP contribution in [0, 0.1) is 0 Å². The maximum atomic E-state index is 5.85. The molecule has 0 atom stereocenters. The summed E-state index contributed by atoms with van der Waals surface area (Å²) < 4.78 is 9.17. The predicted molar refractivity (Wildman–Crippen MR) is 79.8 cm³/mol. The Hall–Kier alpha value is -1.65. The molecule has 3 nitrogen and oxygen atoms in total. The summed E-state index contributed by atoms with van der Waals surface area (Å²) in [4.78, 5) is 3.51. The summed E-state index contributed by atoms with van der Waals surface area (Å²) in [5.74, 6) is 1.74. The third kappa shape index (κ3) is 2.69. The summed E-state index contributed by atoms with van der Waals surface area (Å²) >= 11 is 1.66. The van der Waals surface area contributed by atoms with Crippen molar-refractivity contribution in [2.24, 2.45) is 0 Å². The molecule has 1 heterocycles. The normalized spacial score (nSPS) is 14.1. The zero-order valence-electron chi connectivity index (χ0n) is 10.8.